The van der Waals surface area contributed by atoms with Gasteiger partial charge in [0.2, 0.25) is 0 Å². The van der Waals surface area contributed by atoms with E-state index in [2.05, 4.69) is 31.9 Å². The third kappa shape index (κ3) is 2.35. The van der Waals surface area contributed by atoms with Crippen LogP contribution in [0, 0.1) is 0 Å². The summed E-state index contributed by atoms with van der Waals surface area (Å²) in [6, 6.07) is -0.932. The highest BCUT2D eigenvalue weighted by Gasteiger charge is 2.43. The first kappa shape index (κ1) is 14.0. The summed E-state index contributed by atoms with van der Waals surface area (Å²) < 4.78 is 37.6. The van der Waals surface area contributed by atoms with Crippen LogP contribution in [0.25, 0.3) is 0 Å². The van der Waals surface area contributed by atoms with Crippen LogP contribution in [0.15, 0.2) is 7.57 Å². The molecule has 0 radical (unpaired) electrons. The molecule has 0 aromatic carbocycles. The Balaban J connectivity index is 2.30. The van der Waals surface area contributed by atoms with Gasteiger partial charge in [0, 0.05) is 17.5 Å². The van der Waals surface area contributed by atoms with Gasteiger partial charge in [-0.1, -0.05) is 0 Å². The first-order chi connectivity index (χ1) is 8.21. The minimum absolute atomic E-state index is 0.156. The first-order valence-corrected chi connectivity index (χ1v) is 7.00. The maximum absolute atomic E-state index is 12.2. The van der Waals surface area contributed by atoms with Crippen molar-refractivity contribution in [1.29, 1.82) is 0 Å². The van der Waals surface area contributed by atoms with E-state index in [-0.39, 0.29) is 12.2 Å². The fraction of sp³-hybridized carbons (Fsp3) is 0.333. The van der Waals surface area contributed by atoms with E-state index >= 15 is 0 Å². The van der Waals surface area contributed by atoms with Gasteiger partial charge >= 0.3 is 12.1 Å². The molecule has 1 unspecified atom stereocenters. The zero-order valence-electron chi connectivity index (χ0n) is 8.40. The molecule has 2 rings (SSSR count). The van der Waals surface area contributed by atoms with Crippen molar-refractivity contribution in [2.75, 3.05) is 0 Å². The topological polar surface area (TPSA) is 46.2 Å². The quantitative estimate of drug-likeness (QED) is 0.774. The van der Waals surface area contributed by atoms with E-state index in [1.807, 2.05) is 5.32 Å². The summed E-state index contributed by atoms with van der Waals surface area (Å²) in [5.74, 6) is -2.33. The normalized spacial score (nSPS) is 18.9. The van der Waals surface area contributed by atoms with Crippen molar-refractivity contribution in [3.8, 4) is 0 Å². The highest BCUT2D eigenvalue weighted by atomic mass is 79.9. The standard InChI is InChI=1S/C9H4Br2F3NO2S/c10-6-4-2(15-8(17)9(12,13)14)1-3(16)5(4)7(11)18-6/h2H,1H2,(H,15,17). The number of hydrogen-bond donors (Lipinski definition) is 1. The summed E-state index contributed by atoms with van der Waals surface area (Å²) in [4.78, 5) is 22.5. The van der Waals surface area contributed by atoms with Crippen molar-refractivity contribution < 1.29 is 22.8 Å². The maximum Gasteiger partial charge on any atom is 0.471 e. The lowest BCUT2D eigenvalue weighted by molar-refractivity contribution is -0.174. The molecule has 1 aliphatic carbocycles. The molecule has 1 amide bonds. The third-order valence-electron chi connectivity index (χ3n) is 2.44. The Labute approximate surface area is 120 Å². The molecule has 3 nitrogen and oxygen atoms in total. The van der Waals surface area contributed by atoms with Crippen molar-refractivity contribution in [3.05, 3.63) is 18.7 Å². The minimum atomic E-state index is -4.95. The van der Waals surface area contributed by atoms with Gasteiger partial charge in [-0.05, 0) is 31.9 Å². The zero-order chi connectivity index (χ0) is 13.7. The first-order valence-electron chi connectivity index (χ1n) is 4.60. The number of amides is 1. The van der Waals surface area contributed by atoms with Gasteiger partial charge in [-0.25, -0.2) is 0 Å². The van der Waals surface area contributed by atoms with Crippen molar-refractivity contribution in [2.24, 2.45) is 0 Å². The number of fused-ring (bicyclic) bond motifs is 1. The molecule has 1 heterocycles. The highest BCUT2D eigenvalue weighted by Crippen LogP contribution is 2.46. The van der Waals surface area contributed by atoms with E-state index in [4.69, 9.17) is 0 Å². The van der Waals surface area contributed by atoms with Gasteiger partial charge in [0.1, 0.15) is 0 Å². The zero-order valence-corrected chi connectivity index (χ0v) is 12.4. The van der Waals surface area contributed by atoms with Crippen LogP contribution in [0.5, 0.6) is 0 Å². The number of carbonyl (C=O) groups is 2. The highest BCUT2D eigenvalue weighted by molar-refractivity contribution is 9.12. The van der Waals surface area contributed by atoms with Crippen LogP contribution in [-0.4, -0.2) is 17.9 Å². The largest absolute Gasteiger partial charge is 0.471 e. The number of rotatable bonds is 1. The van der Waals surface area contributed by atoms with Crippen LogP contribution in [0.2, 0.25) is 0 Å². The van der Waals surface area contributed by atoms with Gasteiger partial charge in [-0.2, -0.15) is 13.2 Å². The molecule has 1 aliphatic rings. The smallest absolute Gasteiger partial charge is 0.341 e. The van der Waals surface area contributed by atoms with Gasteiger partial charge in [0.25, 0.3) is 0 Å². The maximum atomic E-state index is 12.2. The molecule has 0 spiro atoms. The Morgan fingerprint density at radius 2 is 1.94 bits per heavy atom. The van der Waals surface area contributed by atoms with Crippen molar-refractivity contribution in [2.45, 2.75) is 18.6 Å². The molecule has 0 saturated carbocycles. The third-order valence-corrected chi connectivity index (χ3v) is 5.01. The molecule has 0 fully saturated rings. The van der Waals surface area contributed by atoms with E-state index < -0.39 is 18.1 Å². The molecule has 0 saturated heterocycles. The van der Waals surface area contributed by atoms with Crippen molar-refractivity contribution in [3.63, 3.8) is 0 Å². The monoisotopic (exact) mass is 405 g/mol. The second kappa shape index (κ2) is 4.61. The van der Waals surface area contributed by atoms with E-state index in [0.29, 0.717) is 18.7 Å². The average molecular weight is 407 g/mol. The number of hydrogen-bond acceptors (Lipinski definition) is 3. The molecule has 1 N–H and O–H groups in total. The van der Waals surface area contributed by atoms with Gasteiger partial charge in [-0.15, -0.1) is 11.3 Å². The Morgan fingerprint density at radius 3 is 2.50 bits per heavy atom. The molecule has 1 aromatic heterocycles. The summed E-state index contributed by atoms with van der Waals surface area (Å²) in [6.45, 7) is 0. The Hall–Kier alpha value is -0.410. The number of thiophene rings is 1. The fourth-order valence-electron chi connectivity index (χ4n) is 1.71. The molecule has 1 aromatic rings. The molecular formula is C9H4Br2F3NO2S. The van der Waals surface area contributed by atoms with Crippen LogP contribution < -0.4 is 5.32 Å². The predicted octanol–water partition coefficient (Wildman–Crippen LogP) is 3.58. The van der Waals surface area contributed by atoms with E-state index in [9.17, 15) is 22.8 Å². The summed E-state index contributed by atoms with van der Waals surface area (Å²) in [7, 11) is 0. The van der Waals surface area contributed by atoms with Crippen LogP contribution >= 0.6 is 43.2 Å². The number of alkyl halides is 3. The van der Waals surface area contributed by atoms with E-state index in [0.717, 1.165) is 0 Å². The molecule has 18 heavy (non-hydrogen) atoms. The van der Waals surface area contributed by atoms with Crippen LogP contribution in [0.4, 0.5) is 13.2 Å². The van der Waals surface area contributed by atoms with E-state index in [1.54, 1.807) is 0 Å². The van der Waals surface area contributed by atoms with Gasteiger partial charge in [0.05, 0.1) is 13.6 Å². The van der Waals surface area contributed by atoms with Gasteiger partial charge in [0.15, 0.2) is 5.78 Å². The molecule has 0 bridgehead atoms. The van der Waals surface area contributed by atoms with Crippen LogP contribution in [0.3, 0.4) is 0 Å². The fourth-order valence-corrected chi connectivity index (χ4v) is 5.08. The lowest BCUT2D eigenvalue weighted by atomic mass is 10.2. The second-order valence-corrected chi connectivity index (χ2v) is 7.25. The van der Waals surface area contributed by atoms with Crippen molar-refractivity contribution >= 4 is 54.9 Å². The second-order valence-electron chi connectivity index (χ2n) is 3.59. The van der Waals surface area contributed by atoms with E-state index in [1.165, 1.54) is 11.3 Å². The summed E-state index contributed by atoms with van der Waals surface area (Å²) in [6.07, 6.45) is -5.11. The number of Topliss-reactive ketones (excluding diaryl/α,β-unsaturated/α-hetero) is 1. The lowest BCUT2D eigenvalue weighted by Gasteiger charge is -2.14. The van der Waals surface area contributed by atoms with Gasteiger partial charge in [-0.3, -0.25) is 9.59 Å². The molecule has 0 aliphatic heterocycles. The Kier molecular flexibility index (Phi) is 3.58. The molecule has 98 valence electrons. The lowest BCUT2D eigenvalue weighted by Crippen LogP contribution is -2.38. The Morgan fingerprint density at radius 1 is 1.33 bits per heavy atom. The van der Waals surface area contributed by atoms with Crippen molar-refractivity contribution in [1.82, 2.24) is 5.32 Å². The van der Waals surface area contributed by atoms with Crippen LogP contribution in [0.1, 0.15) is 28.4 Å². The number of carbonyl (C=O) groups excluding carboxylic acids is 2. The average Bonchev–Trinajstić information content (AvgIpc) is 2.67. The predicted molar refractivity (Wildman–Crippen MR) is 65.6 cm³/mol. The minimum Gasteiger partial charge on any atom is -0.341 e. The summed E-state index contributed by atoms with van der Waals surface area (Å²) in [5.41, 5.74) is 0.758. The van der Waals surface area contributed by atoms with Gasteiger partial charge < -0.3 is 5.32 Å². The SMILES string of the molecule is O=C1CC(NC(=O)C(F)(F)F)c2c(Br)sc(Br)c21. The Bertz CT molecular complexity index is 541. The molecule has 9 heteroatoms. The summed E-state index contributed by atoms with van der Waals surface area (Å²) >= 11 is 7.55. The number of nitrogens with one attached hydrogen (secondary N) is 1. The molecular weight excluding hydrogens is 403 g/mol. The number of halogens is 5. The molecule has 1 atom stereocenters. The summed E-state index contributed by atoms with van der Waals surface area (Å²) in [5, 5.41) is 1.83. The van der Waals surface area contributed by atoms with Crippen LogP contribution in [-0.2, 0) is 4.79 Å². The number of ketones is 1.